The van der Waals surface area contributed by atoms with E-state index < -0.39 is 0 Å². The van der Waals surface area contributed by atoms with E-state index in [9.17, 15) is 0 Å². The molecule has 0 radical (unpaired) electrons. The molecule has 1 heteroatoms. The van der Waals surface area contributed by atoms with Gasteiger partial charge in [-0.25, -0.2) is 0 Å². The van der Waals surface area contributed by atoms with Crippen LogP contribution in [0.1, 0.15) is 72.1 Å². The summed E-state index contributed by atoms with van der Waals surface area (Å²) in [6.07, 6.45) is 11.5. The molecule has 2 fully saturated rings. The van der Waals surface area contributed by atoms with Crippen LogP contribution in [-0.4, -0.2) is 12.1 Å². The van der Waals surface area contributed by atoms with E-state index in [0.29, 0.717) is 5.41 Å². The molecule has 0 aromatic carbocycles. The van der Waals surface area contributed by atoms with E-state index in [1.807, 2.05) is 0 Å². The molecule has 0 saturated heterocycles. The van der Waals surface area contributed by atoms with Gasteiger partial charge in [0.1, 0.15) is 0 Å². The fourth-order valence-corrected chi connectivity index (χ4v) is 3.44. The van der Waals surface area contributed by atoms with Gasteiger partial charge in [-0.1, -0.05) is 46.0 Å². The van der Waals surface area contributed by atoms with Gasteiger partial charge in [0.25, 0.3) is 0 Å². The highest BCUT2D eigenvalue weighted by molar-refractivity contribution is 4.89. The second kappa shape index (κ2) is 5.08. The lowest BCUT2D eigenvalue weighted by Crippen LogP contribution is -2.48. The zero-order chi connectivity index (χ0) is 11.6. The average Bonchev–Trinajstić information content (AvgIpc) is 2.15. The van der Waals surface area contributed by atoms with Gasteiger partial charge >= 0.3 is 0 Å². The van der Waals surface area contributed by atoms with E-state index >= 15 is 0 Å². The van der Waals surface area contributed by atoms with Crippen molar-refractivity contribution in [2.45, 2.75) is 84.2 Å². The Hall–Kier alpha value is -0.0400. The van der Waals surface area contributed by atoms with Crippen molar-refractivity contribution in [3.63, 3.8) is 0 Å². The molecule has 1 N–H and O–H groups in total. The Morgan fingerprint density at radius 2 is 1.88 bits per heavy atom. The third-order valence-electron chi connectivity index (χ3n) is 4.90. The van der Waals surface area contributed by atoms with Gasteiger partial charge in [0, 0.05) is 12.1 Å². The van der Waals surface area contributed by atoms with Crippen LogP contribution in [0.4, 0.5) is 0 Å². The molecule has 2 atom stereocenters. The second-order valence-corrected chi connectivity index (χ2v) is 6.89. The number of rotatable bonds is 4. The Morgan fingerprint density at radius 3 is 2.44 bits per heavy atom. The zero-order valence-electron chi connectivity index (χ0n) is 11.4. The first kappa shape index (κ1) is 12.4. The Labute approximate surface area is 101 Å². The fraction of sp³-hybridized carbons (Fsp3) is 1.00. The van der Waals surface area contributed by atoms with Gasteiger partial charge in [-0.3, -0.25) is 0 Å². The minimum absolute atomic E-state index is 0.520. The molecule has 2 aliphatic rings. The van der Waals surface area contributed by atoms with Crippen molar-refractivity contribution in [1.29, 1.82) is 0 Å². The van der Waals surface area contributed by atoms with Gasteiger partial charge < -0.3 is 5.32 Å². The van der Waals surface area contributed by atoms with Crippen molar-refractivity contribution in [2.24, 2.45) is 11.3 Å². The Balaban J connectivity index is 1.77. The predicted octanol–water partition coefficient (Wildman–Crippen LogP) is 4.12. The van der Waals surface area contributed by atoms with Crippen molar-refractivity contribution in [3.05, 3.63) is 0 Å². The first-order valence-electron chi connectivity index (χ1n) is 7.34. The molecule has 1 nitrogen and oxygen atoms in total. The summed E-state index contributed by atoms with van der Waals surface area (Å²) in [6, 6.07) is 1.49. The van der Waals surface area contributed by atoms with Gasteiger partial charge in [-0.2, -0.15) is 0 Å². The maximum atomic E-state index is 3.91. The molecular weight excluding hydrogens is 194 g/mol. The first-order valence-corrected chi connectivity index (χ1v) is 7.34. The van der Waals surface area contributed by atoms with E-state index in [0.717, 1.165) is 18.0 Å². The van der Waals surface area contributed by atoms with Gasteiger partial charge in [0.15, 0.2) is 0 Å². The van der Waals surface area contributed by atoms with Gasteiger partial charge in [-0.05, 0) is 37.5 Å². The van der Waals surface area contributed by atoms with Crippen LogP contribution in [0.25, 0.3) is 0 Å². The third-order valence-corrected chi connectivity index (χ3v) is 4.90. The van der Waals surface area contributed by atoms with Crippen LogP contribution < -0.4 is 5.32 Å². The lowest BCUT2D eigenvalue weighted by molar-refractivity contribution is 0.146. The summed E-state index contributed by atoms with van der Waals surface area (Å²) >= 11 is 0. The summed E-state index contributed by atoms with van der Waals surface area (Å²) < 4.78 is 0. The van der Waals surface area contributed by atoms with Gasteiger partial charge in [0.2, 0.25) is 0 Å². The van der Waals surface area contributed by atoms with Crippen LogP contribution in [0.2, 0.25) is 0 Å². The normalized spacial score (nSPS) is 32.1. The lowest BCUT2D eigenvalue weighted by Gasteiger charge is -2.41. The molecule has 0 aromatic rings. The first-order chi connectivity index (χ1) is 7.58. The maximum absolute atomic E-state index is 3.91. The molecule has 0 aliphatic heterocycles. The van der Waals surface area contributed by atoms with E-state index in [1.54, 1.807) is 0 Å². The van der Waals surface area contributed by atoms with E-state index in [2.05, 4.69) is 26.1 Å². The van der Waals surface area contributed by atoms with Crippen LogP contribution >= 0.6 is 0 Å². The van der Waals surface area contributed by atoms with Crippen molar-refractivity contribution >= 4 is 0 Å². The summed E-state index contributed by atoms with van der Waals surface area (Å²) in [4.78, 5) is 0. The summed E-state index contributed by atoms with van der Waals surface area (Å²) in [5.41, 5.74) is 0.520. The van der Waals surface area contributed by atoms with Gasteiger partial charge in [-0.15, -0.1) is 0 Å². The minimum Gasteiger partial charge on any atom is -0.311 e. The molecule has 2 rings (SSSR count). The van der Waals surface area contributed by atoms with Crippen LogP contribution in [-0.2, 0) is 0 Å². The highest BCUT2D eigenvalue weighted by Crippen LogP contribution is 2.36. The van der Waals surface area contributed by atoms with E-state index in [1.165, 1.54) is 51.4 Å². The molecule has 0 bridgehead atoms. The molecule has 0 amide bonds. The highest BCUT2D eigenvalue weighted by Gasteiger charge is 2.33. The molecular formula is C15H29N. The summed E-state index contributed by atoms with van der Waals surface area (Å²) in [6.45, 7) is 7.28. The highest BCUT2D eigenvalue weighted by atomic mass is 15.0. The van der Waals surface area contributed by atoms with Crippen LogP contribution in [0.15, 0.2) is 0 Å². The fourth-order valence-electron chi connectivity index (χ4n) is 3.44. The minimum atomic E-state index is 0.520. The SMILES string of the molecule is CC(CC1CCC1)NC1CCCCC1(C)C. The van der Waals surface area contributed by atoms with E-state index in [4.69, 9.17) is 0 Å². The molecule has 16 heavy (non-hydrogen) atoms. The molecule has 0 spiro atoms. The standard InChI is InChI=1S/C15H29N/c1-12(11-13-7-6-8-13)16-14-9-4-5-10-15(14,2)3/h12-14,16H,4-11H2,1-3H3. The van der Waals surface area contributed by atoms with Crippen LogP contribution in [0.3, 0.4) is 0 Å². The van der Waals surface area contributed by atoms with Crippen molar-refractivity contribution in [1.82, 2.24) is 5.32 Å². The second-order valence-electron chi connectivity index (χ2n) is 6.89. The monoisotopic (exact) mass is 223 g/mol. The van der Waals surface area contributed by atoms with Crippen molar-refractivity contribution in [2.75, 3.05) is 0 Å². The molecule has 2 aliphatic carbocycles. The summed E-state index contributed by atoms with van der Waals surface area (Å²) in [7, 11) is 0. The smallest absolute Gasteiger partial charge is 0.0121 e. The topological polar surface area (TPSA) is 12.0 Å². The molecule has 0 heterocycles. The average molecular weight is 223 g/mol. The molecule has 2 unspecified atom stereocenters. The Bertz CT molecular complexity index is 217. The predicted molar refractivity (Wildman–Crippen MR) is 70.6 cm³/mol. The number of nitrogens with one attached hydrogen (secondary N) is 1. The summed E-state index contributed by atoms with van der Waals surface area (Å²) in [5, 5.41) is 3.91. The number of hydrogen-bond donors (Lipinski definition) is 1. The number of hydrogen-bond acceptors (Lipinski definition) is 1. The molecule has 0 aromatic heterocycles. The third kappa shape index (κ3) is 3.00. The van der Waals surface area contributed by atoms with Crippen LogP contribution in [0, 0.1) is 11.3 Å². The lowest BCUT2D eigenvalue weighted by atomic mass is 9.72. The van der Waals surface area contributed by atoms with Gasteiger partial charge in [0.05, 0.1) is 0 Å². The molecule has 2 saturated carbocycles. The summed E-state index contributed by atoms with van der Waals surface area (Å²) in [5.74, 6) is 1.04. The van der Waals surface area contributed by atoms with Crippen LogP contribution in [0.5, 0.6) is 0 Å². The zero-order valence-corrected chi connectivity index (χ0v) is 11.4. The molecule has 94 valence electrons. The van der Waals surface area contributed by atoms with E-state index in [-0.39, 0.29) is 0 Å². The Morgan fingerprint density at radius 1 is 1.12 bits per heavy atom. The largest absolute Gasteiger partial charge is 0.311 e. The van der Waals surface area contributed by atoms with Crippen molar-refractivity contribution in [3.8, 4) is 0 Å². The van der Waals surface area contributed by atoms with Crippen molar-refractivity contribution < 1.29 is 0 Å². The maximum Gasteiger partial charge on any atom is 0.0121 e. The Kier molecular flexibility index (Phi) is 3.94. The quantitative estimate of drug-likeness (QED) is 0.756.